The van der Waals surface area contributed by atoms with Gasteiger partial charge < -0.3 is 24.4 Å². The molecule has 0 aromatic heterocycles. The zero-order valence-electron chi connectivity index (χ0n) is 30.1. The summed E-state index contributed by atoms with van der Waals surface area (Å²) in [5, 5.41) is 20.3. The van der Waals surface area contributed by atoms with E-state index in [0.717, 1.165) is 25.7 Å². The Morgan fingerprint density at radius 3 is 1.98 bits per heavy atom. The summed E-state index contributed by atoms with van der Waals surface area (Å²) in [6.45, 7) is 13.3. The van der Waals surface area contributed by atoms with Crippen LogP contribution in [0.15, 0.2) is 0 Å². The number of carbonyl (C=O) groups excluding carboxylic acids is 4. The van der Waals surface area contributed by atoms with Crippen molar-refractivity contribution in [3.8, 4) is 0 Å². The van der Waals surface area contributed by atoms with E-state index in [2.05, 4.69) is 13.8 Å². The maximum atomic E-state index is 14.0. The fourth-order valence-electron chi connectivity index (χ4n) is 13.2. The van der Waals surface area contributed by atoms with E-state index < -0.39 is 64.5 Å². The predicted molar refractivity (Wildman–Crippen MR) is 175 cm³/mol. The van der Waals surface area contributed by atoms with Crippen molar-refractivity contribution in [1.29, 1.82) is 0 Å². The molecule has 10 heteroatoms. The highest BCUT2D eigenvalue weighted by molar-refractivity contribution is 5.97. The van der Waals surface area contributed by atoms with Gasteiger partial charge in [0, 0.05) is 5.41 Å². The van der Waals surface area contributed by atoms with E-state index in [1.807, 2.05) is 20.8 Å². The van der Waals surface area contributed by atoms with Gasteiger partial charge in [-0.15, -0.1) is 0 Å². The fourth-order valence-corrected chi connectivity index (χ4v) is 13.2. The highest BCUT2D eigenvalue weighted by Gasteiger charge is 2.71. The number of aliphatic hydroxyl groups is 1. The minimum atomic E-state index is -1.01. The van der Waals surface area contributed by atoms with Gasteiger partial charge in [0.2, 0.25) is 0 Å². The summed E-state index contributed by atoms with van der Waals surface area (Å²) in [4.78, 5) is 68.0. The molecule has 7 aliphatic rings. The van der Waals surface area contributed by atoms with Gasteiger partial charge in [0.25, 0.3) is 0 Å². The fraction of sp³-hybridized carbons (Fsp3) is 0.872. The molecule has 17 atom stereocenters. The summed E-state index contributed by atoms with van der Waals surface area (Å²) in [5.74, 6) is -5.74. The Bertz CT molecular complexity index is 1390. The van der Waals surface area contributed by atoms with Gasteiger partial charge in [-0.05, 0) is 130 Å². The van der Waals surface area contributed by atoms with Gasteiger partial charge in [0.1, 0.15) is 5.60 Å². The molecule has 10 nitrogen and oxygen atoms in total. The van der Waals surface area contributed by atoms with Crippen LogP contribution in [-0.4, -0.2) is 58.9 Å². The summed E-state index contributed by atoms with van der Waals surface area (Å²) >= 11 is 0. The van der Waals surface area contributed by atoms with Crippen LogP contribution < -0.4 is 0 Å². The molecule has 0 spiro atoms. The van der Waals surface area contributed by atoms with Crippen molar-refractivity contribution >= 4 is 29.8 Å². The standard InChI is InChI=1S/C39H56O10/c1-16-18-8-9-19(10-18)25(16)31-32(37(46)48-36(31)45)28-22-11-20(12-23(22)34(43)49-38(3,4)5)27(28)26-17(2)21-13-24(26)29(33(41)42)30(21)35(44)47-15-39(6,7)14-40/h16-32,40H,8-15H2,1-7H3,(H,41,42). The number of hydrogen-bond donors (Lipinski definition) is 2. The smallest absolute Gasteiger partial charge is 0.317 e. The van der Waals surface area contributed by atoms with Crippen molar-refractivity contribution in [2.45, 2.75) is 92.6 Å². The van der Waals surface area contributed by atoms with Crippen LogP contribution in [0.3, 0.4) is 0 Å². The van der Waals surface area contributed by atoms with Crippen LogP contribution in [0.25, 0.3) is 0 Å². The number of carbonyl (C=O) groups is 5. The van der Waals surface area contributed by atoms with Gasteiger partial charge >= 0.3 is 29.8 Å². The minimum absolute atomic E-state index is 0.00151. The molecule has 49 heavy (non-hydrogen) atoms. The van der Waals surface area contributed by atoms with Crippen molar-refractivity contribution < 1.29 is 48.4 Å². The third-order valence-corrected chi connectivity index (χ3v) is 14.9. The zero-order valence-corrected chi connectivity index (χ0v) is 30.1. The Morgan fingerprint density at radius 2 is 1.39 bits per heavy atom. The molecule has 0 aromatic carbocycles. The number of ether oxygens (including phenoxy) is 3. The van der Waals surface area contributed by atoms with E-state index in [-0.39, 0.29) is 72.4 Å². The lowest BCUT2D eigenvalue weighted by Gasteiger charge is -2.48. The Balaban J connectivity index is 1.23. The van der Waals surface area contributed by atoms with Gasteiger partial charge in [-0.3, -0.25) is 24.0 Å². The number of carboxylic acids is 1. The van der Waals surface area contributed by atoms with Crippen LogP contribution in [0.5, 0.6) is 0 Å². The van der Waals surface area contributed by atoms with Gasteiger partial charge in [-0.2, -0.15) is 0 Å². The SMILES string of the molecule is CC1C2CCC(C2)C1C1C(=O)OC(=O)C1C1C2CC(CC2C(=O)OC(C)(C)C)C1C1C(C)C2CC1C(C(=O)O)C2C(=O)OCC(C)(C)CO. The number of fused-ring (bicyclic) bond motifs is 6. The van der Waals surface area contributed by atoms with Crippen molar-refractivity contribution in [3.05, 3.63) is 0 Å². The lowest BCUT2D eigenvalue weighted by molar-refractivity contribution is -0.170. The quantitative estimate of drug-likeness (QED) is 0.193. The zero-order chi connectivity index (χ0) is 35.5. The highest BCUT2D eigenvalue weighted by Crippen LogP contribution is 2.70. The molecule has 0 amide bonds. The van der Waals surface area contributed by atoms with E-state index in [9.17, 15) is 34.2 Å². The number of cyclic esters (lactones) is 2. The van der Waals surface area contributed by atoms with Crippen molar-refractivity contribution in [2.75, 3.05) is 13.2 Å². The first kappa shape index (κ1) is 34.9. The number of carboxylic acid groups (broad SMARTS) is 1. The number of aliphatic hydroxyl groups excluding tert-OH is 1. The van der Waals surface area contributed by atoms with E-state index >= 15 is 0 Å². The van der Waals surface area contributed by atoms with Crippen molar-refractivity contribution in [3.63, 3.8) is 0 Å². The minimum Gasteiger partial charge on any atom is -0.481 e. The molecule has 0 radical (unpaired) electrons. The van der Waals surface area contributed by atoms with Crippen LogP contribution in [0.4, 0.5) is 0 Å². The summed E-state index contributed by atoms with van der Waals surface area (Å²) in [5.41, 5.74) is -1.30. The molecule has 1 saturated heterocycles. The van der Waals surface area contributed by atoms with Gasteiger partial charge in [0.15, 0.2) is 0 Å². The Labute approximate surface area is 289 Å². The van der Waals surface area contributed by atoms with E-state index in [4.69, 9.17) is 14.2 Å². The molecule has 6 saturated carbocycles. The first-order valence-electron chi connectivity index (χ1n) is 18.9. The average molecular weight is 685 g/mol. The molecule has 2 N–H and O–H groups in total. The number of esters is 4. The van der Waals surface area contributed by atoms with Gasteiger partial charge in [-0.25, -0.2) is 0 Å². The molecular formula is C39H56O10. The largest absolute Gasteiger partial charge is 0.481 e. The molecule has 7 fully saturated rings. The molecule has 6 aliphatic carbocycles. The summed E-state index contributed by atoms with van der Waals surface area (Å²) in [6, 6.07) is 0. The number of hydrogen-bond acceptors (Lipinski definition) is 9. The predicted octanol–water partition coefficient (Wildman–Crippen LogP) is 5.00. The van der Waals surface area contributed by atoms with Crippen LogP contribution >= 0.6 is 0 Å². The maximum Gasteiger partial charge on any atom is 0.317 e. The molecule has 0 aromatic rings. The summed E-state index contributed by atoms with van der Waals surface area (Å²) in [7, 11) is 0. The summed E-state index contributed by atoms with van der Waals surface area (Å²) < 4.78 is 17.2. The average Bonchev–Trinajstić information content (AvgIpc) is 3.87. The molecule has 17 unspecified atom stereocenters. The maximum absolute atomic E-state index is 14.0. The van der Waals surface area contributed by atoms with Crippen LogP contribution in [0, 0.1) is 106 Å². The number of aliphatic carboxylic acids is 1. The summed E-state index contributed by atoms with van der Waals surface area (Å²) in [6.07, 6.45) is 5.22. The van der Waals surface area contributed by atoms with Gasteiger partial charge in [-0.1, -0.05) is 27.7 Å². The first-order chi connectivity index (χ1) is 22.9. The second kappa shape index (κ2) is 12.0. The third kappa shape index (κ3) is 5.56. The van der Waals surface area contributed by atoms with Crippen LogP contribution in [-0.2, 0) is 38.2 Å². The Kier molecular flexibility index (Phi) is 8.59. The van der Waals surface area contributed by atoms with E-state index in [1.165, 1.54) is 0 Å². The first-order valence-corrected chi connectivity index (χ1v) is 18.9. The monoisotopic (exact) mass is 684 g/mol. The molecule has 1 heterocycles. The second-order valence-electron chi connectivity index (χ2n) is 19.1. The second-order valence-corrected chi connectivity index (χ2v) is 19.1. The Hall–Kier alpha value is -2.49. The molecule has 1 aliphatic heterocycles. The number of rotatable bonds is 9. The highest BCUT2D eigenvalue weighted by atomic mass is 16.6. The lowest BCUT2D eigenvalue weighted by Crippen LogP contribution is -2.51. The normalized spacial score (nSPS) is 46.8. The van der Waals surface area contributed by atoms with E-state index in [1.54, 1.807) is 13.8 Å². The molecule has 272 valence electrons. The van der Waals surface area contributed by atoms with Crippen molar-refractivity contribution in [2.24, 2.45) is 106 Å². The Morgan fingerprint density at radius 1 is 0.735 bits per heavy atom. The molecule has 7 rings (SSSR count). The molecule has 6 bridgehead atoms. The van der Waals surface area contributed by atoms with Crippen LogP contribution in [0.2, 0.25) is 0 Å². The molecular weight excluding hydrogens is 628 g/mol. The van der Waals surface area contributed by atoms with Gasteiger partial charge in [0.05, 0.1) is 42.8 Å². The van der Waals surface area contributed by atoms with Crippen LogP contribution in [0.1, 0.15) is 87.0 Å². The lowest BCUT2D eigenvalue weighted by atomic mass is 9.54. The van der Waals surface area contributed by atoms with E-state index in [0.29, 0.717) is 30.6 Å². The van der Waals surface area contributed by atoms with Crippen molar-refractivity contribution in [1.82, 2.24) is 0 Å². The topological polar surface area (TPSA) is 154 Å². The third-order valence-electron chi connectivity index (χ3n) is 14.9.